The monoisotopic (exact) mass is 593 g/mol. The van der Waals surface area contributed by atoms with Crippen molar-refractivity contribution in [1.82, 2.24) is 15.2 Å². The Morgan fingerprint density at radius 3 is 2.50 bits per heavy atom. The van der Waals surface area contributed by atoms with E-state index in [0.717, 1.165) is 18.5 Å². The van der Waals surface area contributed by atoms with Crippen molar-refractivity contribution in [3.63, 3.8) is 0 Å². The normalized spacial score (nSPS) is 19.1. The van der Waals surface area contributed by atoms with Gasteiger partial charge in [-0.05, 0) is 49.2 Å². The maximum absolute atomic E-state index is 13.1. The first-order valence-electron chi connectivity index (χ1n) is 13.3. The molecule has 0 radical (unpaired) electrons. The van der Waals surface area contributed by atoms with Crippen LogP contribution in [-0.4, -0.2) is 93.7 Å². The molecule has 1 unspecified atom stereocenters. The van der Waals surface area contributed by atoms with E-state index in [1.807, 2.05) is 0 Å². The molecule has 0 aliphatic carbocycles. The Bertz CT molecular complexity index is 1160. The lowest BCUT2D eigenvalue weighted by molar-refractivity contribution is -0.119. The predicted octanol–water partition coefficient (Wildman–Crippen LogP) is 3.46. The molecule has 218 valence electrons. The van der Waals surface area contributed by atoms with E-state index in [-0.39, 0.29) is 30.7 Å². The second-order valence-corrected chi connectivity index (χ2v) is 12.8. The average molecular weight is 594 g/mol. The van der Waals surface area contributed by atoms with Crippen LogP contribution in [0.25, 0.3) is 0 Å². The van der Waals surface area contributed by atoms with Gasteiger partial charge in [-0.15, -0.1) is 0 Å². The van der Waals surface area contributed by atoms with Crippen molar-refractivity contribution in [3.8, 4) is 0 Å². The van der Waals surface area contributed by atoms with Crippen molar-refractivity contribution in [2.75, 3.05) is 61.1 Å². The molecule has 2 fully saturated rings. The number of hydrogen-bond acceptors (Lipinski definition) is 8. The predicted molar refractivity (Wildman–Crippen MR) is 156 cm³/mol. The third-order valence-corrected chi connectivity index (χ3v) is 8.76. The van der Waals surface area contributed by atoms with Crippen LogP contribution >= 0.6 is 22.2 Å². The Labute approximate surface area is 240 Å². The second-order valence-electron chi connectivity index (χ2n) is 9.96. The van der Waals surface area contributed by atoms with Crippen molar-refractivity contribution in [2.45, 2.75) is 31.7 Å². The van der Waals surface area contributed by atoms with Gasteiger partial charge in [0.25, 0.3) is 5.91 Å². The molecule has 4 rings (SSSR count). The molecule has 0 saturated carbocycles. The summed E-state index contributed by atoms with van der Waals surface area (Å²) in [5.41, 5.74) is 1.17. The Hall–Kier alpha value is -2.74. The number of carbonyl (C=O) groups excluding carboxylic acids is 3. The highest BCUT2D eigenvalue weighted by Gasteiger charge is 2.23. The molecule has 0 spiro atoms. The van der Waals surface area contributed by atoms with E-state index in [2.05, 4.69) is 20.5 Å². The SMILES string of the molecule is O=C(CC(COCCN1CCS(O)(O)CC1)NC(=O)c1ccc(N2CCCCC2=O)cc1)Nc1ccc(Cl)cn1. The van der Waals surface area contributed by atoms with E-state index in [9.17, 15) is 23.5 Å². The molecular weight excluding hydrogens is 558 g/mol. The van der Waals surface area contributed by atoms with E-state index in [4.69, 9.17) is 16.3 Å². The molecule has 3 heterocycles. The highest BCUT2D eigenvalue weighted by molar-refractivity contribution is 8.24. The topological polar surface area (TPSA) is 144 Å². The maximum atomic E-state index is 13.1. The number of nitrogens with one attached hydrogen (secondary N) is 2. The summed E-state index contributed by atoms with van der Waals surface area (Å²) in [6.45, 7) is 2.92. The van der Waals surface area contributed by atoms with Crippen molar-refractivity contribution < 1.29 is 28.2 Å². The molecule has 13 heteroatoms. The number of hydrogen-bond donors (Lipinski definition) is 4. The Morgan fingerprint density at radius 1 is 1.07 bits per heavy atom. The van der Waals surface area contributed by atoms with Crippen LogP contribution in [0.4, 0.5) is 11.5 Å². The van der Waals surface area contributed by atoms with Crippen molar-refractivity contribution >= 4 is 51.4 Å². The highest BCUT2D eigenvalue weighted by Crippen LogP contribution is 2.40. The average Bonchev–Trinajstić information content (AvgIpc) is 2.93. The quantitative estimate of drug-likeness (QED) is 0.290. The van der Waals surface area contributed by atoms with Crippen LogP contribution in [0.5, 0.6) is 0 Å². The molecule has 40 heavy (non-hydrogen) atoms. The third kappa shape index (κ3) is 9.15. The number of amides is 3. The van der Waals surface area contributed by atoms with Crippen LogP contribution in [0.15, 0.2) is 42.6 Å². The molecule has 2 aromatic rings. The first-order chi connectivity index (χ1) is 19.2. The van der Waals surface area contributed by atoms with Gasteiger partial charge >= 0.3 is 0 Å². The van der Waals surface area contributed by atoms with E-state index in [1.54, 1.807) is 41.3 Å². The van der Waals surface area contributed by atoms with Crippen LogP contribution in [0.1, 0.15) is 36.0 Å². The van der Waals surface area contributed by atoms with Crippen LogP contribution < -0.4 is 15.5 Å². The molecule has 1 atom stereocenters. The molecule has 2 aliphatic heterocycles. The summed E-state index contributed by atoms with van der Waals surface area (Å²) in [7, 11) is -2.46. The molecule has 3 amide bonds. The standard InChI is InChI=1S/C27H36ClN5O6S/c28-21-6-9-24(29-18-21)31-25(34)17-22(19-39-14-11-32-12-15-40(37,38)16-13-32)30-27(36)20-4-7-23(8-5-20)33-10-2-1-3-26(33)35/h4-9,18,22,37-38H,1-3,10-17,19H2,(H,30,36)(H,29,31,34). The van der Waals surface area contributed by atoms with Crippen molar-refractivity contribution in [2.24, 2.45) is 0 Å². The Morgan fingerprint density at radius 2 is 1.82 bits per heavy atom. The number of piperidine rings is 1. The Kier molecular flexibility index (Phi) is 10.8. The number of rotatable bonds is 11. The summed E-state index contributed by atoms with van der Waals surface area (Å²) in [6.07, 6.45) is 3.76. The van der Waals surface area contributed by atoms with Gasteiger partial charge in [0.05, 0.1) is 35.8 Å². The zero-order valence-electron chi connectivity index (χ0n) is 22.3. The van der Waals surface area contributed by atoms with Gasteiger partial charge in [-0.2, -0.15) is 10.6 Å². The first kappa shape index (κ1) is 30.2. The smallest absolute Gasteiger partial charge is 0.251 e. The lowest BCUT2D eigenvalue weighted by atomic mass is 10.1. The minimum atomic E-state index is -2.46. The summed E-state index contributed by atoms with van der Waals surface area (Å²) in [5.74, 6) is 0.441. The van der Waals surface area contributed by atoms with Gasteiger partial charge in [-0.3, -0.25) is 28.4 Å². The molecule has 1 aromatic carbocycles. The van der Waals surface area contributed by atoms with E-state index < -0.39 is 16.6 Å². The largest absolute Gasteiger partial charge is 0.378 e. The molecule has 2 aliphatic rings. The lowest BCUT2D eigenvalue weighted by Gasteiger charge is -2.40. The summed E-state index contributed by atoms with van der Waals surface area (Å²) in [5, 5.41) is 6.05. The van der Waals surface area contributed by atoms with Gasteiger partial charge in [0, 0.05) is 56.5 Å². The molecular formula is C27H36ClN5O6S. The first-order valence-corrected chi connectivity index (χ1v) is 15.6. The number of anilines is 2. The van der Waals surface area contributed by atoms with Crippen LogP contribution in [0.2, 0.25) is 5.02 Å². The minimum absolute atomic E-state index is 0.0406. The summed E-state index contributed by atoms with van der Waals surface area (Å²) in [6, 6.07) is 9.45. The van der Waals surface area contributed by atoms with Crippen LogP contribution in [-0.2, 0) is 14.3 Å². The van der Waals surface area contributed by atoms with E-state index in [0.29, 0.717) is 67.1 Å². The summed E-state index contributed by atoms with van der Waals surface area (Å²) >= 11 is 5.86. The van der Waals surface area contributed by atoms with Gasteiger partial charge in [0.15, 0.2) is 0 Å². The van der Waals surface area contributed by atoms with E-state index >= 15 is 0 Å². The van der Waals surface area contributed by atoms with Gasteiger partial charge in [-0.1, -0.05) is 11.6 Å². The lowest BCUT2D eigenvalue weighted by Crippen LogP contribution is -2.42. The fraction of sp³-hybridized carbons (Fsp3) is 0.481. The number of halogens is 1. The number of pyridine rings is 1. The zero-order valence-corrected chi connectivity index (χ0v) is 23.8. The van der Waals surface area contributed by atoms with Crippen LogP contribution in [0.3, 0.4) is 0 Å². The minimum Gasteiger partial charge on any atom is -0.378 e. The summed E-state index contributed by atoms with van der Waals surface area (Å²) in [4.78, 5) is 45.9. The third-order valence-electron chi connectivity index (χ3n) is 6.87. The number of carbonyl (C=O) groups is 3. The highest BCUT2D eigenvalue weighted by atomic mass is 35.5. The number of nitrogens with zero attached hydrogens (tertiary/aromatic N) is 3. The summed E-state index contributed by atoms with van der Waals surface area (Å²) < 4.78 is 25.4. The molecule has 2 saturated heterocycles. The zero-order chi connectivity index (χ0) is 28.5. The fourth-order valence-corrected chi connectivity index (χ4v) is 5.98. The second kappa shape index (κ2) is 14.2. The molecule has 11 nitrogen and oxygen atoms in total. The maximum Gasteiger partial charge on any atom is 0.251 e. The number of benzene rings is 1. The van der Waals surface area contributed by atoms with E-state index in [1.165, 1.54) is 6.20 Å². The van der Waals surface area contributed by atoms with Gasteiger partial charge in [-0.25, -0.2) is 4.98 Å². The molecule has 0 bridgehead atoms. The molecule has 4 N–H and O–H groups in total. The van der Waals surface area contributed by atoms with Crippen LogP contribution in [0, 0.1) is 0 Å². The van der Waals surface area contributed by atoms with Crippen molar-refractivity contribution in [1.29, 1.82) is 0 Å². The Balaban J connectivity index is 1.33. The fourth-order valence-electron chi connectivity index (χ4n) is 4.57. The van der Waals surface area contributed by atoms with Gasteiger partial charge in [0.1, 0.15) is 5.82 Å². The van der Waals surface area contributed by atoms with Crippen molar-refractivity contribution in [3.05, 3.63) is 53.2 Å². The number of ether oxygens (including phenoxy) is 1. The van der Waals surface area contributed by atoms with Gasteiger partial charge in [0.2, 0.25) is 11.8 Å². The number of aromatic nitrogens is 1. The molecule has 1 aromatic heterocycles. The van der Waals surface area contributed by atoms with Gasteiger partial charge < -0.3 is 20.3 Å².